The van der Waals surface area contributed by atoms with Gasteiger partial charge in [-0.3, -0.25) is 9.79 Å². The van der Waals surface area contributed by atoms with Gasteiger partial charge in [-0.1, -0.05) is 18.2 Å². The molecule has 1 amide bonds. The first-order valence-corrected chi connectivity index (χ1v) is 10.1. The zero-order chi connectivity index (χ0) is 21.9. The van der Waals surface area contributed by atoms with Gasteiger partial charge >= 0.3 is 0 Å². The third kappa shape index (κ3) is 9.91. The number of ether oxygens (including phenoxy) is 2. The van der Waals surface area contributed by atoms with Crippen molar-refractivity contribution in [3.8, 4) is 11.5 Å². The quantitative estimate of drug-likeness (QED) is 0.193. The number of benzene rings is 2. The van der Waals surface area contributed by atoms with Crippen molar-refractivity contribution < 1.29 is 14.3 Å². The number of rotatable bonds is 9. The van der Waals surface area contributed by atoms with Crippen LogP contribution in [0.25, 0.3) is 0 Å². The molecule has 0 saturated heterocycles. The Bertz CT molecular complexity index is 872. The summed E-state index contributed by atoms with van der Waals surface area (Å²) in [7, 11) is 1.73. The SMILES string of the molecule is CN=C(NCCOc1cccc(NC(C)=O)c1)NCc1ccc(C)cc1OC(C)C.I. The predicted octanol–water partition coefficient (Wildman–Crippen LogP) is 4.10. The van der Waals surface area contributed by atoms with Crippen LogP contribution in [0.2, 0.25) is 0 Å². The van der Waals surface area contributed by atoms with E-state index < -0.39 is 0 Å². The molecule has 0 bridgehead atoms. The lowest BCUT2D eigenvalue weighted by atomic mass is 10.1. The van der Waals surface area contributed by atoms with Crippen molar-refractivity contribution in [3.05, 3.63) is 53.6 Å². The van der Waals surface area contributed by atoms with Crippen molar-refractivity contribution in [2.24, 2.45) is 4.99 Å². The van der Waals surface area contributed by atoms with E-state index in [1.807, 2.05) is 32.0 Å². The molecule has 0 aliphatic heterocycles. The average molecular weight is 540 g/mol. The number of hydrogen-bond donors (Lipinski definition) is 3. The van der Waals surface area contributed by atoms with Gasteiger partial charge in [0.1, 0.15) is 18.1 Å². The van der Waals surface area contributed by atoms with Crippen LogP contribution in [0, 0.1) is 6.92 Å². The van der Waals surface area contributed by atoms with Crippen molar-refractivity contribution in [1.82, 2.24) is 10.6 Å². The number of anilines is 1. The number of nitrogens with one attached hydrogen (secondary N) is 3. The van der Waals surface area contributed by atoms with E-state index in [9.17, 15) is 4.79 Å². The summed E-state index contributed by atoms with van der Waals surface area (Å²) in [5.74, 6) is 2.15. The maximum atomic E-state index is 11.2. The fraction of sp³-hybridized carbons (Fsp3) is 0.391. The smallest absolute Gasteiger partial charge is 0.221 e. The van der Waals surface area contributed by atoms with Crippen LogP contribution in [0.4, 0.5) is 5.69 Å². The second-order valence-electron chi connectivity index (χ2n) is 7.19. The van der Waals surface area contributed by atoms with Crippen LogP contribution in [-0.4, -0.2) is 38.2 Å². The Hall–Kier alpha value is -2.49. The Morgan fingerprint density at radius 3 is 2.58 bits per heavy atom. The number of carbonyl (C=O) groups excluding carboxylic acids is 1. The summed E-state index contributed by atoms with van der Waals surface area (Å²) >= 11 is 0. The molecule has 0 spiro atoms. The van der Waals surface area contributed by atoms with Crippen molar-refractivity contribution in [2.45, 2.75) is 40.3 Å². The molecule has 0 aliphatic carbocycles. The van der Waals surface area contributed by atoms with E-state index in [4.69, 9.17) is 9.47 Å². The first-order chi connectivity index (χ1) is 14.4. The zero-order valence-electron chi connectivity index (χ0n) is 18.8. The van der Waals surface area contributed by atoms with Crippen molar-refractivity contribution >= 4 is 41.5 Å². The van der Waals surface area contributed by atoms with E-state index in [2.05, 4.69) is 46.1 Å². The Labute approximate surface area is 202 Å². The lowest BCUT2D eigenvalue weighted by Gasteiger charge is -2.17. The summed E-state index contributed by atoms with van der Waals surface area (Å²) in [6.07, 6.45) is 0.115. The molecule has 0 fully saturated rings. The molecule has 0 radical (unpaired) electrons. The van der Waals surface area contributed by atoms with Gasteiger partial charge in [-0.25, -0.2) is 0 Å². The number of halogens is 1. The minimum Gasteiger partial charge on any atom is -0.492 e. The normalized spacial score (nSPS) is 10.8. The van der Waals surface area contributed by atoms with Gasteiger partial charge in [0.15, 0.2) is 5.96 Å². The second kappa shape index (κ2) is 13.7. The van der Waals surface area contributed by atoms with Gasteiger partial charge in [0.2, 0.25) is 5.91 Å². The van der Waals surface area contributed by atoms with Crippen molar-refractivity contribution in [3.63, 3.8) is 0 Å². The van der Waals surface area contributed by atoms with Crippen LogP contribution in [-0.2, 0) is 11.3 Å². The van der Waals surface area contributed by atoms with Gasteiger partial charge in [0.25, 0.3) is 0 Å². The standard InChI is InChI=1S/C23H32N4O3.HI/c1-16(2)30-22-13-17(3)9-10-19(22)15-26-23(24-5)25-11-12-29-21-8-6-7-20(14-21)27-18(4)28;/h6-10,13-14,16H,11-12,15H2,1-5H3,(H,27,28)(H2,24,25,26);1H. The van der Waals surface area contributed by atoms with E-state index in [1.165, 1.54) is 6.92 Å². The summed E-state index contributed by atoms with van der Waals surface area (Å²) in [6, 6.07) is 13.5. The van der Waals surface area contributed by atoms with Crippen LogP contribution >= 0.6 is 24.0 Å². The summed E-state index contributed by atoms with van der Waals surface area (Å²) < 4.78 is 11.7. The zero-order valence-corrected chi connectivity index (χ0v) is 21.2. The maximum absolute atomic E-state index is 11.2. The number of carbonyl (C=O) groups is 1. The third-order valence-electron chi connectivity index (χ3n) is 4.07. The molecule has 0 unspecified atom stereocenters. The van der Waals surface area contributed by atoms with Crippen molar-refractivity contribution in [1.29, 1.82) is 0 Å². The van der Waals surface area contributed by atoms with Crippen LogP contribution in [0.5, 0.6) is 11.5 Å². The molecule has 3 N–H and O–H groups in total. The Morgan fingerprint density at radius 2 is 1.90 bits per heavy atom. The van der Waals surface area contributed by atoms with Gasteiger partial charge in [-0.15, -0.1) is 24.0 Å². The largest absolute Gasteiger partial charge is 0.492 e. The third-order valence-corrected chi connectivity index (χ3v) is 4.07. The highest BCUT2D eigenvalue weighted by Gasteiger charge is 2.07. The van der Waals surface area contributed by atoms with Gasteiger partial charge in [-0.2, -0.15) is 0 Å². The molecule has 31 heavy (non-hydrogen) atoms. The topological polar surface area (TPSA) is 84.0 Å². The predicted molar refractivity (Wildman–Crippen MR) is 137 cm³/mol. The maximum Gasteiger partial charge on any atom is 0.221 e. The molecule has 7 nitrogen and oxygen atoms in total. The van der Waals surface area contributed by atoms with Crippen LogP contribution < -0.4 is 25.4 Å². The number of amides is 1. The molecule has 8 heteroatoms. The van der Waals surface area contributed by atoms with Gasteiger partial charge in [0.05, 0.1) is 12.6 Å². The number of aliphatic imine (C=N–C) groups is 1. The number of guanidine groups is 1. The monoisotopic (exact) mass is 540 g/mol. The molecule has 2 aromatic rings. The van der Waals surface area contributed by atoms with Gasteiger partial charge in [0, 0.05) is 37.8 Å². The molecule has 2 rings (SSSR count). The first kappa shape index (κ1) is 26.5. The highest BCUT2D eigenvalue weighted by molar-refractivity contribution is 14.0. The lowest BCUT2D eigenvalue weighted by Crippen LogP contribution is -2.39. The van der Waals surface area contributed by atoms with Crippen molar-refractivity contribution in [2.75, 3.05) is 25.5 Å². The number of nitrogens with zero attached hydrogens (tertiary/aromatic N) is 1. The molecule has 0 atom stereocenters. The fourth-order valence-corrected chi connectivity index (χ4v) is 2.78. The van der Waals surface area contributed by atoms with E-state index in [1.54, 1.807) is 13.1 Å². The Balaban J connectivity index is 0.00000480. The molecule has 0 aliphatic rings. The second-order valence-corrected chi connectivity index (χ2v) is 7.19. The Kier molecular flexibility index (Phi) is 11.8. The van der Waals surface area contributed by atoms with Crippen LogP contribution in [0.1, 0.15) is 31.9 Å². The number of aryl methyl sites for hydroxylation is 1. The van der Waals surface area contributed by atoms with Gasteiger partial charge in [-0.05, 0) is 44.5 Å². The van der Waals surface area contributed by atoms with E-state index in [-0.39, 0.29) is 36.0 Å². The minimum absolute atomic E-state index is 0. The lowest BCUT2D eigenvalue weighted by molar-refractivity contribution is -0.114. The van der Waals surface area contributed by atoms with E-state index in [0.29, 0.717) is 37.1 Å². The molecule has 0 heterocycles. The van der Waals surface area contributed by atoms with Crippen LogP contribution in [0.15, 0.2) is 47.5 Å². The van der Waals surface area contributed by atoms with Gasteiger partial charge < -0.3 is 25.4 Å². The summed E-state index contributed by atoms with van der Waals surface area (Å²) in [5.41, 5.74) is 2.95. The molecule has 170 valence electrons. The Morgan fingerprint density at radius 1 is 1.13 bits per heavy atom. The minimum atomic E-state index is -0.112. The summed E-state index contributed by atoms with van der Waals surface area (Å²) in [5, 5.41) is 9.28. The molecule has 0 saturated carbocycles. The molecular formula is C23H33IN4O3. The molecule has 2 aromatic carbocycles. The van der Waals surface area contributed by atoms with E-state index in [0.717, 1.165) is 16.9 Å². The average Bonchev–Trinajstić information content (AvgIpc) is 2.68. The summed E-state index contributed by atoms with van der Waals surface area (Å²) in [4.78, 5) is 15.4. The number of hydrogen-bond acceptors (Lipinski definition) is 4. The highest BCUT2D eigenvalue weighted by Crippen LogP contribution is 2.21. The molecular weight excluding hydrogens is 507 g/mol. The molecule has 0 aromatic heterocycles. The fourth-order valence-electron chi connectivity index (χ4n) is 2.78. The van der Waals surface area contributed by atoms with Crippen LogP contribution in [0.3, 0.4) is 0 Å². The van der Waals surface area contributed by atoms with E-state index >= 15 is 0 Å². The highest BCUT2D eigenvalue weighted by atomic mass is 127. The summed E-state index contributed by atoms with van der Waals surface area (Å²) in [6.45, 7) is 9.20. The first-order valence-electron chi connectivity index (χ1n) is 10.1.